The molecule has 4 heteroatoms. The quantitative estimate of drug-likeness (QED) is 0.424. The Morgan fingerprint density at radius 1 is 1.07 bits per heavy atom. The summed E-state index contributed by atoms with van der Waals surface area (Å²) in [5.41, 5.74) is 1.12. The molecule has 0 N–H and O–H groups in total. The minimum Gasteiger partial charge on any atom is -0.618 e. The van der Waals surface area contributed by atoms with Crippen LogP contribution < -0.4 is 4.73 Å². The predicted octanol–water partition coefficient (Wildman–Crippen LogP) is 2.38. The van der Waals surface area contributed by atoms with E-state index in [4.69, 9.17) is 0 Å². The third kappa shape index (κ3) is 1.69. The molecule has 4 nitrogen and oxygen atoms in total. The van der Waals surface area contributed by atoms with Crippen molar-refractivity contribution in [3.05, 3.63) is 58.8 Å². The van der Waals surface area contributed by atoms with Gasteiger partial charge in [0.1, 0.15) is 0 Å². The van der Waals surface area contributed by atoms with E-state index in [1.165, 1.54) is 18.3 Å². The first-order valence-corrected chi connectivity index (χ1v) is 4.44. The molecule has 0 saturated heterocycles. The number of benzene rings is 1. The second kappa shape index (κ2) is 3.88. The summed E-state index contributed by atoms with van der Waals surface area (Å²) >= 11 is 0. The van der Waals surface area contributed by atoms with Gasteiger partial charge in [-0.1, -0.05) is 18.2 Å². The maximum Gasteiger partial charge on any atom is 0.253 e. The molecule has 0 amide bonds. The Balaban J connectivity index is 2.66. The lowest BCUT2D eigenvalue weighted by atomic mass is 10.1. The lowest BCUT2D eigenvalue weighted by molar-refractivity contribution is -0.593. The van der Waals surface area contributed by atoms with E-state index < -0.39 is 0 Å². The van der Waals surface area contributed by atoms with Crippen LogP contribution in [0.2, 0.25) is 0 Å². The fourth-order valence-corrected chi connectivity index (χ4v) is 1.42. The maximum atomic E-state index is 11.5. The molecule has 0 bridgehead atoms. The van der Waals surface area contributed by atoms with Crippen molar-refractivity contribution in [3.8, 4) is 11.3 Å². The van der Waals surface area contributed by atoms with Crippen molar-refractivity contribution in [2.24, 2.45) is 5.18 Å². The van der Waals surface area contributed by atoms with Gasteiger partial charge in [0.05, 0.1) is 0 Å². The number of nitroso groups, excluding NO2 is 1. The summed E-state index contributed by atoms with van der Waals surface area (Å²) in [4.78, 5) is 10.6. The Bertz CT molecular complexity index is 483. The molecule has 74 valence electrons. The van der Waals surface area contributed by atoms with Gasteiger partial charge in [-0.15, -0.1) is 4.91 Å². The van der Waals surface area contributed by atoms with E-state index in [0.29, 0.717) is 10.3 Å². The van der Waals surface area contributed by atoms with Crippen LogP contribution in [0, 0.1) is 10.1 Å². The molecule has 0 saturated carbocycles. The number of aromatic nitrogens is 1. The molecule has 0 atom stereocenters. The molecule has 0 aliphatic carbocycles. The molecule has 0 radical (unpaired) electrons. The standard InChI is InChI=1S/C11H8N2O2/c14-12-10-7-4-8-13(15)11(10)9-5-2-1-3-6-9/h1-8H. The SMILES string of the molecule is O=Nc1ccc[n+]([O-])c1-c1ccccc1. The van der Waals surface area contributed by atoms with Crippen LogP contribution in [-0.2, 0) is 0 Å². The number of nitrogens with zero attached hydrogens (tertiary/aromatic N) is 2. The maximum absolute atomic E-state index is 11.5. The van der Waals surface area contributed by atoms with E-state index in [-0.39, 0.29) is 11.4 Å². The van der Waals surface area contributed by atoms with Gasteiger partial charge in [0, 0.05) is 11.6 Å². The molecule has 1 aromatic heterocycles. The summed E-state index contributed by atoms with van der Waals surface area (Å²) in [6.45, 7) is 0. The van der Waals surface area contributed by atoms with Crippen molar-refractivity contribution in [2.75, 3.05) is 0 Å². The van der Waals surface area contributed by atoms with Crippen molar-refractivity contribution in [1.82, 2.24) is 0 Å². The highest BCUT2D eigenvalue weighted by atomic mass is 16.5. The molecular formula is C11H8N2O2. The third-order valence-corrected chi connectivity index (χ3v) is 2.08. The Kier molecular flexibility index (Phi) is 2.41. The number of hydrogen-bond acceptors (Lipinski definition) is 3. The summed E-state index contributed by atoms with van der Waals surface area (Å²) in [6, 6.07) is 12.0. The number of rotatable bonds is 2. The zero-order valence-corrected chi connectivity index (χ0v) is 7.83. The smallest absolute Gasteiger partial charge is 0.253 e. The Morgan fingerprint density at radius 3 is 2.47 bits per heavy atom. The van der Waals surface area contributed by atoms with Crippen molar-refractivity contribution >= 4 is 5.69 Å². The second-order valence-electron chi connectivity index (χ2n) is 3.03. The van der Waals surface area contributed by atoms with Crippen molar-refractivity contribution in [3.63, 3.8) is 0 Å². The first kappa shape index (κ1) is 9.33. The molecule has 0 spiro atoms. The van der Waals surface area contributed by atoms with E-state index in [1.54, 1.807) is 24.3 Å². The molecule has 0 aliphatic heterocycles. The van der Waals surface area contributed by atoms with Gasteiger partial charge in [0.25, 0.3) is 5.69 Å². The zero-order valence-electron chi connectivity index (χ0n) is 7.83. The average molecular weight is 200 g/mol. The zero-order chi connectivity index (χ0) is 10.7. The van der Waals surface area contributed by atoms with E-state index >= 15 is 0 Å². The first-order chi connectivity index (χ1) is 7.33. The van der Waals surface area contributed by atoms with Gasteiger partial charge in [-0.3, -0.25) is 0 Å². The Hall–Kier alpha value is -2.23. The van der Waals surface area contributed by atoms with E-state index in [2.05, 4.69) is 5.18 Å². The lowest BCUT2D eigenvalue weighted by Crippen LogP contribution is -2.28. The van der Waals surface area contributed by atoms with Gasteiger partial charge < -0.3 is 5.21 Å². The molecule has 15 heavy (non-hydrogen) atoms. The van der Waals surface area contributed by atoms with Crippen LogP contribution in [0.3, 0.4) is 0 Å². The monoisotopic (exact) mass is 200 g/mol. The molecule has 0 fully saturated rings. The normalized spacial score (nSPS) is 9.87. The summed E-state index contributed by atoms with van der Waals surface area (Å²) in [5.74, 6) is 0. The molecule has 2 rings (SSSR count). The molecular weight excluding hydrogens is 192 g/mol. The highest BCUT2D eigenvalue weighted by Gasteiger charge is 2.14. The van der Waals surface area contributed by atoms with Crippen LogP contribution in [0.5, 0.6) is 0 Å². The topological polar surface area (TPSA) is 56.4 Å². The molecule has 2 aromatic rings. The van der Waals surface area contributed by atoms with Crippen molar-refractivity contribution in [1.29, 1.82) is 0 Å². The number of pyridine rings is 1. The summed E-state index contributed by atoms with van der Waals surface area (Å²) in [6.07, 6.45) is 1.34. The van der Waals surface area contributed by atoms with Crippen LogP contribution >= 0.6 is 0 Å². The fraction of sp³-hybridized carbons (Fsp3) is 0. The highest BCUT2D eigenvalue weighted by molar-refractivity contribution is 5.68. The van der Waals surface area contributed by atoms with Gasteiger partial charge in [-0.2, -0.15) is 4.73 Å². The van der Waals surface area contributed by atoms with Gasteiger partial charge >= 0.3 is 0 Å². The predicted molar refractivity (Wildman–Crippen MR) is 56.3 cm³/mol. The average Bonchev–Trinajstić information content (AvgIpc) is 2.29. The fourth-order valence-electron chi connectivity index (χ4n) is 1.42. The largest absolute Gasteiger partial charge is 0.618 e. The van der Waals surface area contributed by atoms with Gasteiger partial charge in [-0.25, -0.2) is 0 Å². The van der Waals surface area contributed by atoms with Crippen LogP contribution in [0.4, 0.5) is 5.69 Å². The minimum absolute atomic E-state index is 0.152. The summed E-state index contributed by atoms with van der Waals surface area (Å²) in [5, 5.41) is 14.4. The molecule has 1 aromatic carbocycles. The molecule has 0 unspecified atom stereocenters. The highest BCUT2D eigenvalue weighted by Crippen LogP contribution is 2.25. The van der Waals surface area contributed by atoms with E-state index in [0.717, 1.165) is 0 Å². The Labute approximate surface area is 86.4 Å². The lowest BCUT2D eigenvalue weighted by Gasteiger charge is -2.04. The molecule has 1 heterocycles. The van der Waals surface area contributed by atoms with E-state index in [9.17, 15) is 10.1 Å². The van der Waals surface area contributed by atoms with Crippen molar-refractivity contribution < 1.29 is 4.73 Å². The van der Waals surface area contributed by atoms with Crippen LogP contribution in [0.15, 0.2) is 53.8 Å². The summed E-state index contributed by atoms with van der Waals surface area (Å²) < 4.78 is 0.645. The van der Waals surface area contributed by atoms with E-state index in [1.807, 2.05) is 6.07 Å². The second-order valence-corrected chi connectivity index (χ2v) is 3.03. The van der Waals surface area contributed by atoms with Crippen LogP contribution in [0.1, 0.15) is 0 Å². The van der Waals surface area contributed by atoms with Gasteiger partial charge in [0.15, 0.2) is 11.9 Å². The van der Waals surface area contributed by atoms with Crippen molar-refractivity contribution in [2.45, 2.75) is 0 Å². The van der Waals surface area contributed by atoms with Crippen LogP contribution in [-0.4, -0.2) is 0 Å². The first-order valence-electron chi connectivity index (χ1n) is 4.44. The summed E-state index contributed by atoms with van der Waals surface area (Å²) in [7, 11) is 0. The Morgan fingerprint density at radius 2 is 1.80 bits per heavy atom. The van der Waals surface area contributed by atoms with Gasteiger partial charge in [0.2, 0.25) is 0 Å². The molecule has 0 aliphatic rings. The third-order valence-electron chi connectivity index (χ3n) is 2.08. The van der Waals surface area contributed by atoms with Gasteiger partial charge in [-0.05, 0) is 23.4 Å². The minimum atomic E-state index is 0.152. The number of hydrogen-bond donors (Lipinski definition) is 0. The van der Waals surface area contributed by atoms with Crippen LogP contribution in [0.25, 0.3) is 11.3 Å².